The lowest BCUT2D eigenvalue weighted by atomic mass is 10.1. The molecule has 0 radical (unpaired) electrons. The summed E-state index contributed by atoms with van der Waals surface area (Å²) in [6.07, 6.45) is 0. The third-order valence-corrected chi connectivity index (χ3v) is 3.35. The van der Waals surface area contributed by atoms with E-state index in [4.69, 9.17) is 0 Å². The maximum Gasteiger partial charge on any atom is 0.0243 e. The fourth-order valence-corrected chi connectivity index (χ4v) is 2.87. The number of piperazine rings is 1. The second kappa shape index (κ2) is 5.85. The van der Waals surface area contributed by atoms with E-state index < -0.39 is 0 Å². The topological polar surface area (TPSA) is 15.3 Å². The van der Waals surface area contributed by atoms with Gasteiger partial charge in [0.05, 0.1) is 0 Å². The molecule has 2 unspecified atom stereocenters. The molecule has 2 nitrogen and oxygen atoms in total. The second-order valence-electron chi connectivity index (χ2n) is 4.29. The van der Waals surface area contributed by atoms with Gasteiger partial charge < -0.3 is 5.32 Å². The lowest BCUT2D eigenvalue weighted by Crippen LogP contribution is -2.53. The van der Waals surface area contributed by atoms with Gasteiger partial charge in [-0.25, -0.2) is 0 Å². The number of halogens is 1. The lowest BCUT2D eigenvalue weighted by molar-refractivity contribution is 0.167. The van der Waals surface area contributed by atoms with Gasteiger partial charge in [-0.05, 0) is 36.2 Å². The molecule has 1 aromatic heterocycles. The van der Waals surface area contributed by atoms with Crippen LogP contribution >= 0.6 is 23.7 Å². The Hall–Kier alpha value is -0.0900. The molecule has 2 atom stereocenters. The fourth-order valence-electron chi connectivity index (χ4n) is 2.21. The molecule has 0 aliphatic carbocycles. The molecule has 1 saturated heterocycles. The van der Waals surface area contributed by atoms with Crippen LogP contribution in [-0.4, -0.2) is 30.1 Å². The molecule has 1 aliphatic rings. The first-order valence-corrected chi connectivity index (χ1v) is 6.18. The Kier molecular flexibility index (Phi) is 5.06. The van der Waals surface area contributed by atoms with Crippen LogP contribution in [0.25, 0.3) is 0 Å². The van der Waals surface area contributed by atoms with Crippen LogP contribution < -0.4 is 5.32 Å². The van der Waals surface area contributed by atoms with Gasteiger partial charge >= 0.3 is 0 Å². The van der Waals surface area contributed by atoms with Crippen LogP contribution in [0.5, 0.6) is 0 Å². The minimum Gasteiger partial charge on any atom is -0.309 e. The van der Waals surface area contributed by atoms with Gasteiger partial charge in [0, 0.05) is 31.7 Å². The maximum atomic E-state index is 3.55. The molecule has 0 spiro atoms. The predicted octanol–water partition coefficient (Wildman–Crippen LogP) is 2.35. The normalized spacial score (nSPS) is 27.3. The highest BCUT2D eigenvalue weighted by Crippen LogP contribution is 2.12. The number of rotatable bonds is 2. The van der Waals surface area contributed by atoms with E-state index in [9.17, 15) is 0 Å². The van der Waals surface area contributed by atoms with Crippen molar-refractivity contribution in [2.75, 3.05) is 13.1 Å². The molecule has 2 rings (SSSR count). The van der Waals surface area contributed by atoms with E-state index in [2.05, 4.69) is 40.9 Å². The monoisotopic (exact) mass is 246 g/mol. The number of thiophene rings is 1. The van der Waals surface area contributed by atoms with Crippen LogP contribution in [0.3, 0.4) is 0 Å². The highest BCUT2D eigenvalue weighted by molar-refractivity contribution is 7.07. The molecule has 2 heterocycles. The Morgan fingerprint density at radius 3 is 2.60 bits per heavy atom. The van der Waals surface area contributed by atoms with Crippen molar-refractivity contribution >= 4 is 23.7 Å². The van der Waals surface area contributed by atoms with Crippen molar-refractivity contribution in [1.82, 2.24) is 10.2 Å². The molecule has 0 saturated carbocycles. The highest BCUT2D eigenvalue weighted by atomic mass is 35.5. The van der Waals surface area contributed by atoms with Crippen LogP contribution in [0.2, 0.25) is 0 Å². The van der Waals surface area contributed by atoms with Crippen LogP contribution in [0.4, 0.5) is 0 Å². The molecule has 0 aromatic carbocycles. The van der Waals surface area contributed by atoms with E-state index in [0.717, 1.165) is 6.54 Å². The zero-order valence-electron chi connectivity index (χ0n) is 9.27. The van der Waals surface area contributed by atoms with Crippen molar-refractivity contribution < 1.29 is 0 Å². The maximum absolute atomic E-state index is 3.55. The summed E-state index contributed by atoms with van der Waals surface area (Å²) in [4.78, 5) is 2.54. The standard InChI is InChI=1S/C11H18N2S.ClH/c1-9-5-13(6-10(2)12-9)7-11-3-4-14-8-11;/h3-4,8-10,12H,5-7H2,1-2H3;1H. The number of hydrogen-bond donors (Lipinski definition) is 1. The van der Waals surface area contributed by atoms with Crippen LogP contribution in [0, 0.1) is 0 Å². The largest absolute Gasteiger partial charge is 0.309 e. The Labute approximate surface area is 102 Å². The first-order valence-electron chi connectivity index (χ1n) is 5.23. The number of nitrogens with one attached hydrogen (secondary N) is 1. The summed E-state index contributed by atoms with van der Waals surface area (Å²) in [7, 11) is 0. The Morgan fingerprint density at radius 1 is 1.40 bits per heavy atom. The zero-order valence-corrected chi connectivity index (χ0v) is 10.9. The van der Waals surface area contributed by atoms with Crippen molar-refractivity contribution in [1.29, 1.82) is 0 Å². The minimum atomic E-state index is 0. The van der Waals surface area contributed by atoms with Gasteiger partial charge in [0.2, 0.25) is 0 Å². The van der Waals surface area contributed by atoms with Crippen molar-refractivity contribution in [2.24, 2.45) is 0 Å². The first kappa shape index (κ1) is 13.0. The molecule has 15 heavy (non-hydrogen) atoms. The van der Waals surface area contributed by atoms with Crippen LogP contribution in [-0.2, 0) is 6.54 Å². The average Bonchev–Trinajstić information content (AvgIpc) is 2.54. The Morgan fingerprint density at radius 2 is 2.07 bits per heavy atom. The third-order valence-electron chi connectivity index (χ3n) is 2.62. The quantitative estimate of drug-likeness (QED) is 0.862. The van der Waals surface area contributed by atoms with Crippen molar-refractivity contribution in [3.63, 3.8) is 0 Å². The molecule has 4 heteroatoms. The van der Waals surface area contributed by atoms with E-state index in [1.54, 1.807) is 11.3 Å². The summed E-state index contributed by atoms with van der Waals surface area (Å²) in [6.45, 7) is 7.97. The Bertz CT molecular complexity index is 266. The van der Waals surface area contributed by atoms with Gasteiger partial charge in [-0.1, -0.05) is 0 Å². The molecule has 0 amide bonds. The van der Waals surface area contributed by atoms with Gasteiger partial charge in [-0.15, -0.1) is 12.4 Å². The molecular formula is C11H19ClN2S. The molecular weight excluding hydrogens is 228 g/mol. The van der Waals surface area contributed by atoms with Gasteiger partial charge in [-0.3, -0.25) is 4.90 Å². The number of nitrogens with zero attached hydrogens (tertiary/aromatic N) is 1. The molecule has 1 N–H and O–H groups in total. The summed E-state index contributed by atoms with van der Waals surface area (Å²) < 4.78 is 0. The smallest absolute Gasteiger partial charge is 0.0243 e. The van der Waals surface area contributed by atoms with Crippen LogP contribution in [0.15, 0.2) is 16.8 Å². The van der Waals surface area contributed by atoms with Crippen LogP contribution in [0.1, 0.15) is 19.4 Å². The van der Waals surface area contributed by atoms with Gasteiger partial charge in [0.25, 0.3) is 0 Å². The van der Waals surface area contributed by atoms with E-state index in [-0.39, 0.29) is 12.4 Å². The van der Waals surface area contributed by atoms with Gasteiger partial charge in [0.15, 0.2) is 0 Å². The predicted molar refractivity (Wildman–Crippen MR) is 68.9 cm³/mol. The van der Waals surface area contributed by atoms with E-state index in [0.29, 0.717) is 12.1 Å². The average molecular weight is 247 g/mol. The molecule has 0 bridgehead atoms. The summed E-state index contributed by atoms with van der Waals surface area (Å²) in [5, 5.41) is 7.95. The van der Waals surface area contributed by atoms with E-state index >= 15 is 0 Å². The molecule has 1 aliphatic heterocycles. The second-order valence-corrected chi connectivity index (χ2v) is 5.07. The molecule has 1 fully saturated rings. The summed E-state index contributed by atoms with van der Waals surface area (Å²) >= 11 is 1.79. The van der Waals surface area contributed by atoms with Crippen molar-refractivity contribution in [3.8, 4) is 0 Å². The molecule has 1 aromatic rings. The van der Waals surface area contributed by atoms with Crippen molar-refractivity contribution in [2.45, 2.75) is 32.5 Å². The van der Waals surface area contributed by atoms with Crippen molar-refractivity contribution in [3.05, 3.63) is 22.4 Å². The highest BCUT2D eigenvalue weighted by Gasteiger charge is 2.20. The fraction of sp³-hybridized carbons (Fsp3) is 0.636. The number of hydrogen-bond acceptors (Lipinski definition) is 3. The van der Waals surface area contributed by atoms with Gasteiger partial charge in [0.1, 0.15) is 0 Å². The summed E-state index contributed by atoms with van der Waals surface area (Å²) in [6, 6.07) is 3.47. The molecule has 86 valence electrons. The Balaban J connectivity index is 0.00000112. The summed E-state index contributed by atoms with van der Waals surface area (Å²) in [5.41, 5.74) is 1.45. The first-order chi connectivity index (χ1) is 6.74. The summed E-state index contributed by atoms with van der Waals surface area (Å²) in [5.74, 6) is 0. The zero-order chi connectivity index (χ0) is 9.97. The van der Waals surface area contributed by atoms with E-state index in [1.165, 1.54) is 18.7 Å². The third kappa shape index (κ3) is 3.76. The van der Waals surface area contributed by atoms with E-state index in [1.807, 2.05) is 0 Å². The SMILES string of the molecule is CC1CN(Cc2ccsc2)CC(C)N1.Cl. The lowest BCUT2D eigenvalue weighted by Gasteiger charge is -2.35. The van der Waals surface area contributed by atoms with Gasteiger partial charge in [-0.2, -0.15) is 11.3 Å². The minimum absolute atomic E-state index is 0.